The van der Waals surface area contributed by atoms with E-state index in [0.717, 1.165) is 16.8 Å². The number of hydrogen-bond acceptors (Lipinski definition) is 0. The normalized spacial score (nSPS) is 27.7. The number of aromatic nitrogens is 1. The molecule has 0 saturated heterocycles. The molecule has 0 amide bonds. The number of benzene rings is 1. The van der Waals surface area contributed by atoms with E-state index in [-0.39, 0.29) is 22.2 Å². The minimum atomic E-state index is -0.168. The Kier molecular flexibility index (Phi) is 2.61. The highest BCUT2D eigenvalue weighted by Crippen LogP contribution is 2.53. The van der Waals surface area contributed by atoms with E-state index in [4.69, 9.17) is 0 Å². The molecule has 2 heterocycles. The van der Waals surface area contributed by atoms with Crippen LogP contribution in [0.1, 0.15) is 45.7 Å². The number of pyridine rings is 1. The van der Waals surface area contributed by atoms with Crippen molar-refractivity contribution in [2.75, 3.05) is 0 Å². The van der Waals surface area contributed by atoms with Gasteiger partial charge in [-0.15, -0.1) is 0 Å². The van der Waals surface area contributed by atoms with E-state index < -0.39 is 0 Å². The van der Waals surface area contributed by atoms with Gasteiger partial charge in [0.1, 0.15) is 5.82 Å². The summed E-state index contributed by atoms with van der Waals surface area (Å²) < 4.78 is 16.3. The van der Waals surface area contributed by atoms with Crippen molar-refractivity contribution in [3.8, 4) is 11.3 Å². The summed E-state index contributed by atoms with van der Waals surface area (Å²) in [4.78, 5) is 0. The fraction of sp³-hybridized carbons (Fsp3) is 0.381. The lowest BCUT2D eigenvalue weighted by Gasteiger charge is -2.49. The summed E-state index contributed by atoms with van der Waals surface area (Å²) >= 11 is 0. The summed E-state index contributed by atoms with van der Waals surface area (Å²) in [6.45, 7) is 11.2. The monoisotopic (exact) mass is 308 g/mol. The molecule has 1 aliphatic heterocycles. The predicted molar refractivity (Wildman–Crippen MR) is 90.9 cm³/mol. The van der Waals surface area contributed by atoms with Gasteiger partial charge in [0.2, 0.25) is 5.69 Å². The Morgan fingerprint density at radius 2 is 1.74 bits per heavy atom. The number of allylic oxidation sites excluding steroid dienone is 2. The molecule has 1 aliphatic carbocycles. The van der Waals surface area contributed by atoms with Crippen molar-refractivity contribution in [1.29, 1.82) is 0 Å². The maximum absolute atomic E-state index is 13.9. The van der Waals surface area contributed by atoms with Crippen molar-refractivity contribution in [1.82, 2.24) is 0 Å². The van der Waals surface area contributed by atoms with Gasteiger partial charge in [-0.2, -0.15) is 4.57 Å². The fourth-order valence-electron chi connectivity index (χ4n) is 3.99. The van der Waals surface area contributed by atoms with Gasteiger partial charge in [0.25, 0.3) is 0 Å². The zero-order chi connectivity index (χ0) is 16.6. The largest absolute Gasteiger partial charge is 0.213 e. The highest BCUT2D eigenvalue weighted by molar-refractivity contribution is 5.68. The highest BCUT2D eigenvalue weighted by Gasteiger charge is 2.61. The maximum Gasteiger partial charge on any atom is 0.213 e. The van der Waals surface area contributed by atoms with Crippen LogP contribution in [-0.4, -0.2) is 0 Å². The van der Waals surface area contributed by atoms with Crippen LogP contribution in [0.15, 0.2) is 48.7 Å². The van der Waals surface area contributed by atoms with Crippen molar-refractivity contribution in [2.45, 2.75) is 51.0 Å². The number of halogens is 1. The van der Waals surface area contributed by atoms with Crippen molar-refractivity contribution < 1.29 is 8.96 Å². The Hall–Kier alpha value is -1.96. The first kappa shape index (κ1) is 14.6. The molecule has 4 rings (SSSR count). The van der Waals surface area contributed by atoms with E-state index in [1.54, 1.807) is 12.1 Å². The Balaban J connectivity index is 2.06. The van der Waals surface area contributed by atoms with Crippen molar-refractivity contribution >= 4 is 0 Å². The lowest BCUT2D eigenvalue weighted by molar-refractivity contribution is -0.754. The summed E-state index contributed by atoms with van der Waals surface area (Å²) in [6.07, 6.45) is 6.74. The molecule has 0 N–H and O–H groups in total. The summed E-state index contributed by atoms with van der Waals surface area (Å²) in [5.41, 5.74) is 4.49. The SMILES string of the molecule is CC(C)(C)c1ccc2[n+](c1)C1(C)C=CC1(C)c1cc(F)ccc1-2. The van der Waals surface area contributed by atoms with Crippen LogP contribution in [-0.2, 0) is 16.4 Å². The van der Waals surface area contributed by atoms with Gasteiger partial charge in [-0.05, 0) is 48.2 Å². The van der Waals surface area contributed by atoms with Crippen molar-refractivity contribution in [3.05, 3.63) is 65.6 Å². The highest BCUT2D eigenvalue weighted by atomic mass is 19.1. The second kappa shape index (κ2) is 4.11. The van der Waals surface area contributed by atoms with E-state index in [1.807, 2.05) is 6.07 Å². The maximum atomic E-state index is 13.9. The molecule has 0 saturated carbocycles. The molecule has 118 valence electrons. The molecule has 2 aromatic rings. The first-order valence-corrected chi connectivity index (χ1v) is 8.24. The zero-order valence-electron chi connectivity index (χ0n) is 14.4. The van der Waals surface area contributed by atoms with Crippen LogP contribution in [0.3, 0.4) is 0 Å². The molecule has 2 unspecified atom stereocenters. The molecule has 0 spiro atoms. The number of nitrogens with zero attached hydrogens (tertiary/aromatic N) is 1. The molecular formula is C21H23FN+. The minimum Gasteiger partial charge on any atom is -0.207 e. The third-order valence-electron chi connectivity index (χ3n) is 5.92. The Labute approximate surface area is 137 Å². The topological polar surface area (TPSA) is 3.88 Å². The minimum absolute atomic E-state index is 0.103. The molecule has 1 aromatic carbocycles. The van der Waals surface area contributed by atoms with E-state index >= 15 is 0 Å². The second-order valence-corrected chi connectivity index (χ2v) is 8.30. The molecule has 1 nitrogen and oxygen atoms in total. The first-order chi connectivity index (χ1) is 10.7. The van der Waals surface area contributed by atoms with Gasteiger partial charge in [-0.1, -0.05) is 26.8 Å². The average molecular weight is 308 g/mol. The molecule has 0 bridgehead atoms. The Morgan fingerprint density at radius 3 is 2.35 bits per heavy atom. The van der Waals surface area contributed by atoms with Gasteiger partial charge in [0.05, 0.1) is 11.0 Å². The molecule has 0 radical (unpaired) electrons. The standard InChI is InChI=1S/C21H23FN/c1-19(2,3)14-6-9-18-16-8-7-15(22)12-17(16)20(4)10-11-21(20,5)23(18)13-14/h6-13H,1-5H3/q+1. The van der Waals surface area contributed by atoms with Gasteiger partial charge in [-0.3, -0.25) is 0 Å². The number of fused-ring (bicyclic) bond motifs is 6. The summed E-state index contributed by atoms with van der Waals surface area (Å²) in [5.74, 6) is -0.160. The van der Waals surface area contributed by atoms with Gasteiger partial charge in [0.15, 0.2) is 11.7 Å². The summed E-state index contributed by atoms with van der Waals surface area (Å²) in [5, 5.41) is 0. The van der Waals surface area contributed by atoms with E-state index in [2.05, 4.69) is 69.7 Å². The lowest BCUT2D eigenvalue weighted by atomic mass is 9.56. The molecule has 0 fully saturated rings. The van der Waals surface area contributed by atoms with Gasteiger partial charge < -0.3 is 0 Å². The van der Waals surface area contributed by atoms with Crippen LogP contribution in [0.4, 0.5) is 4.39 Å². The molecular weight excluding hydrogens is 285 g/mol. The van der Waals surface area contributed by atoms with Crippen LogP contribution in [0.2, 0.25) is 0 Å². The second-order valence-electron chi connectivity index (χ2n) is 8.30. The van der Waals surface area contributed by atoms with Crippen LogP contribution in [0, 0.1) is 5.82 Å². The van der Waals surface area contributed by atoms with E-state index in [1.165, 1.54) is 5.56 Å². The molecule has 2 heteroatoms. The quantitative estimate of drug-likeness (QED) is 0.493. The Morgan fingerprint density at radius 1 is 1.00 bits per heavy atom. The third-order valence-corrected chi connectivity index (χ3v) is 5.92. The smallest absolute Gasteiger partial charge is 0.207 e. The predicted octanol–water partition coefficient (Wildman–Crippen LogP) is 4.63. The fourth-order valence-corrected chi connectivity index (χ4v) is 3.99. The number of rotatable bonds is 0. The van der Waals surface area contributed by atoms with Gasteiger partial charge in [-0.25, -0.2) is 4.39 Å². The number of hydrogen-bond donors (Lipinski definition) is 0. The molecule has 2 aliphatic rings. The Bertz CT molecular complexity index is 859. The van der Waals surface area contributed by atoms with Crippen LogP contribution < -0.4 is 4.57 Å². The van der Waals surface area contributed by atoms with Gasteiger partial charge >= 0.3 is 0 Å². The van der Waals surface area contributed by atoms with Crippen LogP contribution in [0.5, 0.6) is 0 Å². The summed E-state index contributed by atoms with van der Waals surface area (Å²) in [6, 6.07) is 9.58. The van der Waals surface area contributed by atoms with E-state index in [0.29, 0.717) is 0 Å². The third kappa shape index (κ3) is 1.69. The average Bonchev–Trinajstić information content (AvgIpc) is 2.50. The van der Waals surface area contributed by atoms with Crippen molar-refractivity contribution in [3.63, 3.8) is 0 Å². The van der Waals surface area contributed by atoms with Crippen molar-refractivity contribution in [2.24, 2.45) is 0 Å². The van der Waals surface area contributed by atoms with E-state index in [9.17, 15) is 4.39 Å². The summed E-state index contributed by atoms with van der Waals surface area (Å²) in [7, 11) is 0. The first-order valence-electron chi connectivity index (χ1n) is 8.24. The molecule has 1 aromatic heterocycles. The van der Waals surface area contributed by atoms with Gasteiger partial charge in [0, 0.05) is 18.6 Å². The van der Waals surface area contributed by atoms with Crippen LogP contribution >= 0.6 is 0 Å². The molecule has 2 atom stereocenters. The lowest BCUT2D eigenvalue weighted by Crippen LogP contribution is -2.70. The van der Waals surface area contributed by atoms with Crippen LogP contribution in [0.25, 0.3) is 11.3 Å². The zero-order valence-corrected chi connectivity index (χ0v) is 14.4. The molecule has 23 heavy (non-hydrogen) atoms.